The van der Waals surface area contributed by atoms with E-state index in [2.05, 4.69) is 99.7 Å². The van der Waals surface area contributed by atoms with Gasteiger partial charge in [0.15, 0.2) is 0 Å². The van der Waals surface area contributed by atoms with E-state index in [0.717, 1.165) is 0 Å². The smallest absolute Gasteiger partial charge is 0.0308 e. The van der Waals surface area contributed by atoms with Gasteiger partial charge in [-0.3, -0.25) is 0 Å². The third-order valence-electron chi connectivity index (χ3n) is 5.68. The van der Waals surface area contributed by atoms with Crippen molar-refractivity contribution in [1.29, 1.82) is 0 Å². The summed E-state index contributed by atoms with van der Waals surface area (Å²) < 4.78 is 0. The Bertz CT molecular complexity index is 968. The minimum Gasteiger partial charge on any atom is -0.136 e. The molecular weight excluding hydrogens is 392 g/mol. The van der Waals surface area contributed by atoms with Crippen molar-refractivity contribution in [3.05, 3.63) is 92.2 Å². The summed E-state index contributed by atoms with van der Waals surface area (Å²) in [6.45, 7) is 6.55. The Morgan fingerprint density at radius 1 is 0.645 bits per heavy atom. The maximum atomic E-state index is 2.40. The van der Waals surface area contributed by atoms with Gasteiger partial charge in [0.1, 0.15) is 0 Å². The van der Waals surface area contributed by atoms with Gasteiger partial charge in [-0.15, -0.1) is 11.3 Å². The standard InChI is InChI=1S/C30H36S/c1-4-5-6-7-8-9-10-28-23-29(21-19-26-15-11-24(2)12-16-26)31-30(28)22-20-27-17-13-25(3)14-18-27/h11-23H,4-10H2,1-3H3/b21-19+,22-20+. The average molecular weight is 429 g/mol. The van der Waals surface area contributed by atoms with Crippen LogP contribution in [0.2, 0.25) is 0 Å². The fraction of sp³-hybridized carbons (Fsp3) is 0.333. The van der Waals surface area contributed by atoms with Crippen molar-refractivity contribution >= 4 is 35.6 Å². The van der Waals surface area contributed by atoms with Gasteiger partial charge < -0.3 is 0 Å². The van der Waals surface area contributed by atoms with Crippen molar-refractivity contribution in [3.63, 3.8) is 0 Å². The van der Waals surface area contributed by atoms with Crippen LogP contribution in [-0.2, 0) is 6.42 Å². The summed E-state index contributed by atoms with van der Waals surface area (Å²) in [6.07, 6.45) is 18.3. The first-order chi connectivity index (χ1) is 15.1. The minimum absolute atomic E-state index is 1.18. The second-order valence-electron chi connectivity index (χ2n) is 8.54. The normalized spacial score (nSPS) is 11.7. The molecule has 1 heteroatoms. The molecule has 0 fully saturated rings. The van der Waals surface area contributed by atoms with Crippen LogP contribution in [-0.4, -0.2) is 0 Å². The lowest BCUT2D eigenvalue weighted by molar-refractivity contribution is 0.608. The molecule has 3 rings (SSSR count). The zero-order valence-corrected chi connectivity index (χ0v) is 20.2. The average Bonchev–Trinajstić information content (AvgIpc) is 3.17. The van der Waals surface area contributed by atoms with Gasteiger partial charge in [-0.2, -0.15) is 0 Å². The largest absolute Gasteiger partial charge is 0.136 e. The molecule has 0 aliphatic carbocycles. The molecule has 0 saturated carbocycles. The lowest BCUT2D eigenvalue weighted by atomic mass is 10.0. The molecule has 0 saturated heterocycles. The van der Waals surface area contributed by atoms with Gasteiger partial charge in [0.25, 0.3) is 0 Å². The molecule has 0 aliphatic heterocycles. The summed E-state index contributed by atoms with van der Waals surface area (Å²) in [4.78, 5) is 2.74. The number of thiophene rings is 1. The Balaban J connectivity index is 1.72. The molecule has 0 aliphatic rings. The Hall–Kier alpha value is -2.38. The molecule has 0 amide bonds. The highest BCUT2D eigenvalue weighted by Crippen LogP contribution is 2.28. The van der Waals surface area contributed by atoms with Crippen LogP contribution in [0.25, 0.3) is 24.3 Å². The van der Waals surface area contributed by atoms with Gasteiger partial charge in [-0.05, 0) is 61.6 Å². The van der Waals surface area contributed by atoms with Gasteiger partial charge >= 0.3 is 0 Å². The first-order valence-electron chi connectivity index (χ1n) is 11.8. The number of unbranched alkanes of at least 4 members (excludes halogenated alkanes) is 5. The molecule has 162 valence electrons. The summed E-state index contributed by atoms with van der Waals surface area (Å²) in [5.74, 6) is 0. The van der Waals surface area contributed by atoms with E-state index < -0.39 is 0 Å². The first kappa shape index (κ1) is 23.3. The monoisotopic (exact) mass is 428 g/mol. The molecule has 1 aromatic heterocycles. The Labute approximate surface area is 193 Å². The minimum atomic E-state index is 1.18. The van der Waals surface area contributed by atoms with E-state index in [4.69, 9.17) is 0 Å². The number of rotatable bonds is 11. The highest BCUT2D eigenvalue weighted by atomic mass is 32.1. The molecule has 0 nitrogen and oxygen atoms in total. The summed E-state index contributed by atoms with van der Waals surface area (Å²) in [5, 5.41) is 0. The zero-order chi connectivity index (χ0) is 21.9. The van der Waals surface area contributed by atoms with Crippen molar-refractivity contribution in [2.75, 3.05) is 0 Å². The van der Waals surface area contributed by atoms with Crippen LogP contribution in [0.1, 0.15) is 83.0 Å². The summed E-state index contributed by atoms with van der Waals surface area (Å²) in [6, 6.07) is 19.9. The molecule has 1 heterocycles. The lowest BCUT2D eigenvalue weighted by Crippen LogP contribution is -1.86. The van der Waals surface area contributed by atoms with Crippen LogP contribution in [0.3, 0.4) is 0 Å². The molecule has 31 heavy (non-hydrogen) atoms. The van der Waals surface area contributed by atoms with Crippen molar-refractivity contribution in [3.8, 4) is 0 Å². The van der Waals surface area contributed by atoms with E-state index in [9.17, 15) is 0 Å². The summed E-state index contributed by atoms with van der Waals surface area (Å²) in [5.41, 5.74) is 6.63. The Morgan fingerprint density at radius 3 is 1.81 bits per heavy atom. The lowest BCUT2D eigenvalue weighted by Gasteiger charge is -2.02. The van der Waals surface area contributed by atoms with E-state index in [0.29, 0.717) is 0 Å². The molecular formula is C30H36S. The van der Waals surface area contributed by atoms with E-state index in [1.54, 1.807) is 0 Å². The topological polar surface area (TPSA) is 0 Å². The second kappa shape index (κ2) is 12.5. The van der Waals surface area contributed by atoms with E-state index in [1.165, 1.54) is 82.5 Å². The maximum Gasteiger partial charge on any atom is 0.0308 e. The predicted octanol–water partition coefficient (Wildman–Crippen LogP) is 9.61. The van der Waals surface area contributed by atoms with E-state index in [1.807, 2.05) is 11.3 Å². The fourth-order valence-corrected chi connectivity index (χ4v) is 4.70. The van der Waals surface area contributed by atoms with Gasteiger partial charge in [-0.25, -0.2) is 0 Å². The SMILES string of the molecule is CCCCCCCCc1cc(/C=C/c2ccc(C)cc2)sc1/C=C/c1ccc(C)cc1. The van der Waals surface area contributed by atoms with Crippen molar-refractivity contribution in [2.45, 2.75) is 65.7 Å². The number of hydrogen-bond acceptors (Lipinski definition) is 1. The highest BCUT2D eigenvalue weighted by molar-refractivity contribution is 7.14. The molecule has 2 aromatic carbocycles. The molecule has 0 N–H and O–H groups in total. The van der Waals surface area contributed by atoms with Gasteiger partial charge in [0, 0.05) is 9.75 Å². The van der Waals surface area contributed by atoms with Crippen LogP contribution in [0, 0.1) is 13.8 Å². The van der Waals surface area contributed by atoms with E-state index >= 15 is 0 Å². The van der Waals surface area contributed by atoms with Crippen molar-refractivity contribution < 1.29 is 0 Å². The molecule has 0 radical (unpaired) electrons. The van der Waals surface area contributed by atoms with Crippen LogP contribution < -0.4 is 0 Å². The maximum absolute atomic E-state index is 2.40. The van der Waals surface area contributed by atoms with Crippen LogP contribution in [0.5, 0.6) is 0 Å². The third kappa shape index (κ3) is 7.99. The zero-order valence-electron chi connectivity index (χ0n) is 19.4. The molecule has 0 spiro atoms. The van der Waals surface area contributed by atoms with Crippen LogP contribution in [0.4, 0.5) is 0 Å². The quantitative estimate of drug-likeness (QED) is 0.267. The van der Waals surface area contributed by atoms with Crippen LogP contribution >= 0.6 is 11.3 Å². The van der Waals surface area contributed by atoms with Gasteiger partial charge in [0.05, 0.1) is 0 Å². The van der Waals surface area contributed by atoms with Crippen molar-refractivity contribution in [1.82, 2.24) is 0 Å². The predicted molar refractivity (Wildman–Crippen MR) is 142 cm³/mol. The third-order valence-corrected chi connectivity index (χ3v) is 6.79. The summed E-state index contributed by atoms with van der Waals surface area (Å²) in [7, 11) is 0. The van der Waals surface area contributed by atoms with E-state index in [-0.39, 0.29) is 0 Å². The number of hydrogen-bond donors (Lipinski definition) is 0. The molecule has 0 bridgehead atoms. The molecule has 3 aromatic rings. The van der Waals surface area contributed by atoms with Crippen molar-refractivity contribution in [2.24, 2.45) is 0 Å². The highest BCUT2D eigenvalue weighted by Gasteiger charge is 2.06. The number of aryl methyl sites for hydroxylation is 3. The fourth-order valence-electron chi connectivity index (χ4n) is 3.68. The molecule has 0 unspecified atom stereocenters. The number of benzene rings is 2. The van der Waals surface area contributed by atoms with Gasteiger partial charge in [0.2, 0.25) is 0 Å². The second-order valence-corrected chi connectivity index (χ2v) is 9.66. The molecule has 0 atom stereocenters. The Kier molecular flexibility index (Phi) is 9.37. The Morgan fingerprint density at radius 2 is 1.19 bits per heavy atom. The van der Waals surface area contributed by atoms with Gasteiger partial charge in [-0.1, -0.05) is 111 Å². The van der Waals surface area contributed by atoms with Crippen LogP contribution in [0.15, 0.2) is 54.6 Å². The first-order valence-corrected chi connectivity index (χ1v) is 12.6. The summed E-state index contributed by atoms with van der Waals surface area (Å²) >= 11 is 1.90.